The van der Waals surface area contributed by atoms with Crippen molar-refractivity contribution in [3.05, 3.63) is 35.2 Å². The van der Waals surface area contributed by atoms with Crippen LogP contribution in [0.2, 0.25) is 5.02 Å². The molecule has 1 saturated heterocycles. The molecule has 0 bridgehead atoms. The molecule has 8 nitrogen and oxygen atoms in total. The van der Waals surface area contributed by atoms with Crippen molar-refractivity contribution in [3.63, 3.8) is 0 Å². The molecule has 2 aromatic carbocycles. The third kappa shape index (κ3) is 3.51. The molecule has 3 N–H and O–H groups in total. The Morgan fingerprint density at radius 2 is 1.97 bits per heavy atom. The quantitative estimate of drug-likeness (QED) is 0.426. The predicted molar refractivity (Wildman–Crippen MR) is 126 cm³/mol. The molecule has 2 aromatic heterocycles. The minimum atomic E-state index is -0.525. The van der Waals surface area contributed by atoms with Crippen molar-refractivity contribution in [1.29, 1.82) is 0 Å². The number of hydrogen-bond donors (Lipinski definition) is 3. The van der Waals surface area contributed by atoms with Gasteiger partial charge in [-0.2, -0.15) is 10.2 Å². The van der Waals surface area contributed by atoms with Gasteiger partial charge in [0.05, 0.1) is 28.7 Å². The summed E-state index contributed by atoms with van der Waals surface area (Å²) < 4.78 is 21.9. The zero-order valence-electron chi connectivity index (χ0n) is 18.3. The van der Waals surface area contributed by atoms with Crippen LogP contribution in [-0.4, -0.2) is 52.3 Å². The van der Waals surface area contributed by atoms with Crippen LogP contribution in [0, 0.1) is 5.82 Å². The third-order valence-electron chi connectivity index (χ3n) is 5.79. The second-order valence-electron chi connectivity index (χ2n) is 8.43. The van der Waals surface area contributed by atoms with Gasteiger partial charge in [-0.1, -0.05) is 11.6 Å². The topological polar surface area (TPSA) is 83.0 Å². The molecule has 1 aliphatic rings. The van der Waals surface area contributed by atoms with Crippen molar-refractivity contribution in [1.82, 2.24) is 25.3 Å². The van der Waals surface area contributed by atoms with E-state index in [-0.39, 0.29) is 11.3 Å². The maximum Gasteiger partial charge on any atom is 0.195 e. The summed E-state index contributed by atoms with van der Waals surface area (Å²) in [7, 11) is 3.17. The number of aromatic nitrogens is 4. The summed E-state index contributed by atoms with van der Waals surface area (Å²) in [6.07, 6.45) is 1.75. The van der Waals surface area contributed by atoms with E-state index in [4.69, 9.17) is 16.3 Å². The number of hydrogen-bond acceptors (Lipinski definition) is 6. The van der Waals surface area contributed by atoms with Crippen LogP contribution in [0.15, 0.2) is 24.4 Å². The van der Waals surface area contributed by atoms with Crippen LogP contribution in [0.4, 0.5) is 21.6 Å². The van der Waals surface area contributed by atoms with Crippen LogP contribution in [0.25, 0.3) is 21.8 Å². The third-order valence-corrected chi connectivity index (χ3v) is 6.09. The first-order valence-electron chi connectivity index (χ1n) is 10.5. The van der Waals surface area contributed by atoms with Crippen LogP contribution in [0.5, 0.6) is 5.75 Å². The average Bonchev–Trinajstić information content (AvgIpc) is 3.31. The molecule has 0 spiro atoms. The van der Waals surface area contributed by atoms with E-state index in [9.17, 15) is 4.39 Å². The monoisotopic (exact) mass is 457 g/mol. The average molecular weight is 458 g/mol. The zero-order valence-corrected chi connectivity index (χ0v) is 19.1. The fourth-order valence-corrected chi connectivity index (χ4v) is 4.86. The molecule has 1 fully saturated rings. The van der Waals surface area contributed by atoms with Gasteiger partial charge in [-0.25, -0.2) is 4.39 Å². The number of methoxy groups -OCH3 is 1. The Labute approximate surface area is 189 Å². The lowest BCUT2D eigenvalue weighted by atomic mass is 10.1. The van der Waals surface area contributed by atoms with Gasteiger partial charge in [0.1, 0.15) is 5.52 Å². The molecule has 0 saturated carbocycles. The molecular formula is C22H25ClFN7O. The summed E-state index contributed by atoms with van der Waals surface area (Å²) in [5.74, 6) is 0.0479. The Morgan fingerprint density at radius 1 is 1.22 bits per heavy atom. The first-order chi connectivity index (χ1) is 15.3. The second kappa shape index (κ2) is 7.83. The van der Waals surface area contributed by atoms with Crippen LogP contribution >= 0.6 is 11.6 Å². The normalized spacial score (nSPS) is 19.1. The summed E-state index contributed by atoms with van der Waals surface area (Å²) in [6.45, 7) is 6.14. The van der Waals surface area contributed by atoms with E-state index in [1.807, 2.05) is 12.1 Å². The number of H-pyrrole nitrogens is 1. The molecule has 0 unspecified atom stereocenters. The molecule has 0 amide bonds. The summed E-state index contributed by atoms with van der Waals surface area (Å²) in [4.78, 5) is 2.32. The first-order valence-corrected chi connectivity index (χ1v) is 10.9. The minimum Gasteiger partial charge on any atom is -0.492 e. The number of aryl methyl sites for hydroxylation is 1. The van der Waals surface area contributed by atoms with Crippen LogP contribution in [-0.2, 0) is 7.05 Å². The van der Waals surface area contributed by atoms with Gasteiger partial charge in [-0.3, -0.25) is 9.78 Å². The molecule has 0 radical (unpaired) electrons. The van der Waals surface area contributed by atoms with Crippen LogP contribution < -0.4 is 20.3 Å². The number of nitrogens with zero attached hydrogens (tertiary/aromatic N) is 4. The highest BCUT2D eigenvalue weighted by atomic mass is 35.5. The molecule has 2 atom stereocenters. The summed E-state index contributed by atoms with van der Waals surface area (Å²) in [6, 6.07) is 6.56. The van der Waals surface area contributed by atoms with E-state index >= 15 is 0 Å². The highest BCUT2D eigenvalue weighted by molar-refractivity contribution is 6.36. The Balaban J connectivity index is 1.53. The molecule has 10 heteroatoms. The van der Waals surface area contributed by atoms with Gasteiger partial charge < -0.3 is 20.3 Å². The van der Waals surface area contributed by atoms with E-state index in [1.54, 1.807) is 24.0 Å². The number of anilines is 3. The number of halogens is 2. The predicted octanol–water partition coefficient (Wildman–Crippen LogP) is 4.18. The molecule has 5 rings (SSSR count). The number of aromatic amines is 1. The van der Waals surface area contributed by atoms with Gasteiger partial charge in [0.25, 0.3) is 0 Å². The van der Waals surface area contributed by atoms with Gasteiger partial charge in [0.2, 0.25) is 0 Å². The second-order valence-corrected chi connectivity index (χ2v) is 8.84. The van der Waals surface area contributed by atoms with Crippen molar-refractivity contribution in [3.8, 4) is 5.75 Å². The van der Waals surface area contributed by atoms with Gasteiger partial charge in [-0.15, -0.1) is 0 Å². The van der Waals surface area contributed by atoms with Crippen LogP contribution in [0.3, 0.4) is 0 Å². The first kappa shape index (κ1) is 20.8. The van der Waals surface area contributed by atoms with Gasteiger partial charge >= 0.3 is 0 Å². The number of fused-ring (bicyclic) bond motifs is 2. The molecule has 4 aromatic rings. The smallest absolute Gasteiger partial charge is 0.195 e. The van der Waals surface area contributed by atoms with Crippen molar-refractivity contribution >= 4 is 50.6 Å². The molecule has 1 aliphatic heterocycles. The molecule has 32 heavy (non-hydrogen) atoms. The van der Waals surface area contributed by atoms with Gasteiger partial charge in [0.15, 0.2) is 17.4 Å². The molecule has 168 valence electrons. The maximum absolute atomic E-state index is 15.0. The van der Waals surface area contributed by atoms with E-state index in [2.05, 4.69) is 44.7 Å². The Hall–Kier alpha value is -3.04. The molecule has 3 heterocycles. The SMILES string of the molecule is COc1c(Nc2n[nH]c3cc(N4C[C@H](C)N[C@@H](C)C4)cc(Cl)c23)cc2cn(C)nc2c1F. The largest absolute Gasteiger partial charge is 0.492 e. The van der Waals surface area contributed by atoms with E-state index < -0.39 is 5.82 Å². The Bertz CT molecular complexity index is 1310. The number of rotatable bonds is 4. The highest BCUT2D eigenvalue weighted by Crippen LogP contribution is 2.39. The number of ether oxygens (including phenoxy) is 1. The maximum atomic E-state index is 15.0. The Kier molecular flexibility index (Phi) is 5.10. The molecule has 0 aliphatic carbocycles. The number of piperazine rings is 1. The minimum absolute atomic E-state index is 0.0730. The highest BCUT2D eigenvalue weighted by Gasteiger charge is 2.23. The summed E-state index contributed by atoms with van der Waals surface area (Å²) in [5.41, 5.74) is 2.54. The van der Waals surface area contributed by atoms with E-state index in [0.29, 0.717) is 34.0 Å². The van der Waals surface area contributed by atoms with Crippen LogP contribution in [0.1, 0.15) is 13.8 Å². The van der Waals surface area contributed by atoms with E-state index in [0.717, 1.165) is 29.7 Å². The lowest BCUT2D eigenvalue weighted by Crippen LogP contribution is -2.54. The van der Waals surface area contributed by atoms with Crippen molar-refractivity contribution in [2.45, 2.75) is 25.9 Å². The lowest BCUT2D eigenvalue weighted by Gasteiger charge is -2.37. The number of benzene rings is 2. The molecular weight excluding hydrogens is 433 g/mol. The Morgan fingerprint density at radius 3 is 2.69 bits per heavy atom. The van der Waals surface area contributed by atoms with Crippen molar-refractivity contribution in [2.75, 3.05) is 30.4 Å². The number of nitrogens with one attached hydrogen (secondary N) is 3. The fourth-order valence-electron chi connectivity index (χ4n) is 4.55. The van der Waals surface area contributed by atoms with Gasteiger partial charge in [-0.05, 0) is 32.0 Å². The van der Waals surface area contributed by atoms with E-state index in [1.165, 1.54) is 7.11 Å². The standard InChI is InChI=1S/C22H25ClFN7O/c1-11-8-31(9-12(2)25-11)14-6-15(23)18-16(7-14)27-28-22(18)26-17-5-13-10-30(3)29-20(13)19(24)21(17)32-4/h5-7,10-12,25H,8-9H2,1-4H3,(H2,26,27,28)/t11-,12-/m0/s1. The van der Waals surface area contributed by atoms with Gasteiger partial charge in [0, 0.05) is 49.5 Å². The summed E-state index contributed by atoms with van der Waals surface area (Å²) in [5, 5.41) is 20.3. The van der Waals surface area contributed by atoms with Crippen molar-refractivity contribution < 1.29 is 9.13 Å². The summed E-state index contributed by atoms with van der Waals surface area (Å²) >= 11 is 6.71. The van der Waals surface area contributed by atoms with Crippen molar-refractivity contribution in [2.24, 2.45) is 7.05 Å². The zero-order chi connectivity index (χ0) is 22.6. The fraction of sp³-hybridized carbons (Fsp3) is 0.364. The lowest BCUT2D eigenvalue weighted by molar-refractivity contribution is 0.390.